The molecule has 0 bridgehead atoms. The highest BCUT2D eigenvalue weighted by molar-refractivity contribution is 7.09. The van der Waals surface area contributed by atoms with Crippen LogP contribution in [0.3, 0.4) is 0 Å². The summed E-state index contributed by atoms with van der Waals surface area (Å²) in [4.78, 5) is 63.8. The number of aromatic nitrogens is 2. The zero-order valence-electron chi connectivity index (χ0n) is 21.6. The number of ether oxygens (including phenoxy) is 1. The number of urea groups is 1. The number of anilines is 1. The van der Waals surface area contributed by atoms with Gasteiger partial charge in [-0.05, 0) is 31.9 Å². The molecular weight excluding hydrogens is 510 g/mol. The van der Waals surface area contributed by atoms with Gasteiger partial charge in [0.1, 0.15) is 24.1 Å². The van der Waals surface area contributed by atoms with Crippen LogP contribution in [-0.4, -0.2) is 103 Å². The van der Waals surface area contributed by atoms with E-state index in [4.69, 9.17) is 0 Å². The summed E-state index contributed by atoms with van der Waals surface area (Å²) in [6.07, 6.45) is 3.34. The molecule has 4 rings (SSSR count). The molecule has 2 N–H and O–H groups in total. The van der Waals surface area contributed by atoms with Gasteiger partial charge in [-0.1, -0.05) is 6.07 Å². The fraction of sp³-hybridized carbons (Fsp3) is 0.520. The van der Waals surface area contributed by atoms with Crippen LogP contribution in [0.5, 0.6) is 0 Å². The van der Waals surface area contributed by atoms with E-state index < -0.39 is 23.8 Å². The number of thiazole rings is 1. The molecular formula is C25H33N7O5S. The van der Waals surface area contributed by atoms with Gasteiger partial charge >= 0.3 is 12.0 Å². The SMILES string of the molecule is COC(=O)CNC(=O)C(C)NC(=O)c1csc(C2CCN(C(=O)N3CCN(c4ccccn4)CC3)CC2)n1. The molecule has 0 spiro atoms. The van der Waals surface area contributed by atoms with Gasteiger partial charge in [-0.2, -0.15) is 0 Å². The molecule has 2 aromatic heterocycles. The van der Waals surface area contributed by atoms with Gasteiger partial charge < -0.3 is 30.1 Å². The number of amides is 4. The quantitative estimate of drug-likeness (QED) is 0.495. The van der Waals surface area contributed by atoms with Crippen molar-refractivity contribution in [1.29, 1.82) is 0 Å². The van der Waals surface area contributed by atoms with Crippen LogP contribution in [0.2, 0.25) is 0 Å². The van der Waals surface area contributed by atoms with Gasteiger partial charge in [0.15, 0.2) is 0 Å². The number of nitrogens with zero attached hydrogens (tertiary/aromatic N) is 5. The van der Waals surface area contributed by atoms with Crippen molar-refractivity contribution in [3.8, 4) is 0 Å². The van der Waals surface area contributed by atoms with Crippen LogP contribution in [0.1, 0.15) is 41.2 Å². The zero-order chi connectivity index (χ0) is 27.1. The standard InChI is InChI=1S/C25H33N7O5S/c1-17(22(34)27-15-21(33)37-2)28-23(35)19-16-38-24(29-19)18-6-9-31(10-7-18)25(36)32-13-11-30(12-14-32)20-5-3-4-8-26-20/h3-5,8,16-18H,6-7,9-15H2,1-2H3,(H,27,34)(H,28,35). The van der Waals surface area contributed by atoms with E-state index in [1.807, 2.05) is 28.0 Å². The molecule has 0 saturated carbocycles. The van der Waals surface area contributed by atoms with Gasteiger partial charge in [-0.3, -0.25) is 14.4 Å². The van der Waals surface area contributed by atoms with Gasteiger partial charge in [0.2, 0.25) is 5.91 Å². The molecule has 2 aromatic rings. The lowest BCUT2D eigenvalue weighted by Crippen LogP contribution is -2.54. The number of carbonyl (C=O) groups is 4. The maximum absolute atomic E-state index is 13.1. The van der Waals surface area contributed by atoms with Crippen LogP contribution in [0.4, 0.5) is 10.6 Å². The van der Waals surface area contributed by atoms with E-state index in [9.17, 15) is 19.2 Å². The van der Waals surface area contributed by atoms with E-state index >= 15 is 0 Å². The summed E-state index contributed by atoms with van der Waals surface area (Å²) in [6, 6.07) is 5.09. The molecule has 0 aromatic carbocycles. The lowest BCUT2D eigenvalue weighted by molar-refractivity contribution is -0.141. The maximum Gasteiger partial charge on any atom is 0.325 e. The summed E-state index contributed by atoms with van der Waals surface area (Å²) in [7, 11) is 1.23. The summed E-state index contributed by atoms with van der Waals surface area (Å²) in [5.74, 6) is -0.405. The predicted octanol–water partition coefficient (Wildman–Crippen LogP) is 1.07. The number of hydrogen-bond acceptors (Lipinski definition) is 9. The number of rotatable bonds is 7. The number of hydrogen-bond donors (Lipinski definition) is 2. The Morgan fingerprint density at radius 2 is 1.79 bits per heavy atom. The Morgan fingerprint density at radius 1 is 1.08 bits per heavy atom. The normalized spacial score (nSPS) is 17.1. The minimum absolute atomic E-state index is 0.0720. The summed E-state index contributed by atoms with van der Waals surface area (Å²) in [5, 5.41) is 7.55. The Bertz CT molecular complexity index is 1130. The van der Waals surface area contributed by atoms with Crippen molar-refractivity contribution in [3.63, 3.8) is 0 Å². The highest BCUT2D eigenvalue weighted by Crippen LogP contribution is 2.31. The number of piperidine rings is 1. The van der Waals surface area contributed by atoms with Crippen molar-refractivity contribution in [3.05, 3.63) is 40.5 Å². The first-order chi connectivity index (χ1) is 18.4. The van der Waals surface area contributed by atoms with Gasteiger partial charge in [0.25, 0.3) is 5.91 Å². The van der Waals surface area contributed by atoms with E-state index in [0.717, 1.165) is 36.8 Å². The molecule has 2 aliphatic heterocycles. The summed E-state index contributed by atoms with van der Waals surface area (Å²) in [5.41, 5.74) is 0.252. The largest absolute Gasteiger partial charge is 0.468 e. The van der Waals surface area contributed by atoms with Crippen LogP contribution in [0.15, 0.2) is 29.8 Å². The molecule has 2 aliphatic rings. The molecule has 13 heteroatoms. The van der Waals surface area contributed by atoms with Crippen LogP contribution in [0, 0.1) is 0 Å². The smallest absolute Gasteiger partial charge is 0.325 e. The number of carbonyl (C=O) groups excluding carboxylic acids is 4. The molecule has 2 fully saturated rings. The van der Waals surface area contributed by atoms with E-state index in [-0.39, 0.29) is 24.2 Å². The van der Waals surface area contributed by atoms with E-state index in [1.165, 1.54) is 25.4 Å². The second-order valence-electron chi connectivity index (χ2n) is 9.27. The topological polar surface area (TPSA) is 137 Å². The van der Waals surface area contributed by atoms with Crippen molar-refractivity contribution in [2.24, 2.45) is 0 Å². The van der Waals surface area contributed by atoms with Gasteiger partial charge in [-0.25, -0.2) is 14.8 Å². The van der Waals surface area contributed by atoms with Gasteiger partial charge in [-0.15, -0.1) is 11.3 Å². The fourth-order valence-corrected chi connectivity index (χ4v) is 5.46. The van der Waals surface area contributed by atoms with Gasteiger partial charge in [0, 0.05) is 56.8 Å². The Kier molecular flexibility index (Phi) is 9.10. The fourth-order valence-electron chi connectivity index (χ4n) is 4.49. The third kappa shape index (κ3) is 6.77. The van der Waals surface area contributed by atoms with Crippen molar-refractivity contribution in [2.75, 3.05) is 57.8 Å². The Hall–Kier alpha value is -3.74. The zero-order valence-corrected chi connectivity index (χ0v) is 22.4. The lowest BCUT2D eigenvalue weighted by atomic mass is 9.98. The Labute approximate surface area is 225 Å². The molecule has 4 amide bonds. The molecule has 0 radical (unpaired) electrons. The molecule has 204 valence electrons. The summed E-state index contributed by atoms with van der Waals surface area (Å²) in [6.45, 7) is 5.40. The van der Waals surface area contributed by atoms with Crippen molar-refractivity contribution >= 4 is 41.0 Å². The van der Waals surface area contributed by atoms with Crippen LogP contribution in [0.25, 0.3) is 0 Å². The highest BCUT2D eigenvalue weighted by atomic mass is 32.1. The first-order valence-electron chi connectivity index (χ1n) is 12.7. The van der Waals surface area contributed by atoms with E-state index in [0.29, 0.717) is 26.2 Å². The second kappa shape index (κ2) is 12.7. The third-order valence-electron chi connectivity index (χ3n) is 6.77. The summed E-state index contributed by atoms with van der Waals surface area (Å²) >= 11 is 1.41. The number of pyridine rings is 1. The lowest BCUT2D eigenvalue weighted by Gasteiger charge is -2.39. The van der Waals surface area contributed by atoms with E-state index in [1.54, 1.807) is 11.6 Å². The molecule has 0 aliphatic carbocycles. The number of likely N-dealkylation sites (tertiary alicyclic amines) is 1. The molecule has 1 atom stereocenters. The monoisotopic (exact) mass is 543 g/mol. The molecule has 38 heavy (non-hydrogen) atoms. The maximum atomic E-state index is 13.1. The van der Waals surface area contributed by atoms with Crippen LogP contribution < -0.4 is 15.5 Å². The third-order valence-corrected chi connectivity index (χ3v) is 7.78. The van der Waals surface area contributed by atoms with Crippen molar-refractivity contribution in [1.82, 2.24) is 30.4 Å². The summed E-state index contributed by atoms with van der Waals surface area (Å²) < 4.78 is 4.48. The Balaban J connectivity index is 1.22. The number of esters is 1. The van der Waals surface area contributed by atoms with Crippen molar-refractivity contribution < 1.29 is 23.9 Å². The highest BCUT2D eigenvalue weighted by Gasteiger charge is 2.30. The molecule has 4 heterocycles. The first kappa shape index (κ1) is 27.3. The minimum Gasteiger partial charge on any atom is -0.468 e. The van der Waals surface area contributed by atoms with Crippen molar-refractivity contribution in [2.45, 2.75) is 31.7 Å². The molecule has 2 saturated heterocycles. The first-order valence-corrected chi connectivity index (χ1v) is 13.5. The minimum atomic E-state index is -0.836. The number of nitrogens with one attached hydrogen (secondary N) is 2. The molecule has 12 nitrogen and oxygen atoms in total. The second-order valence-corrected chi connectivity index (χ2v) is 10.2. The Morgan fingerprint density at radius 3 is 2.45 bits per heavy atom. The number of methoxy groups -OCH3 is 1. The predicted molar refractivity (Wildman–Crippen MR) is 141 cm³/mol. The van der Waals surface area contributed by atoms with Gasteiger partial charge in [0.05, 0.1) is 12.1 Å². The number of piperazine rings is 1. The van der Waals surface area contributed by atoms with Crippen LogP contribution in [-0.2, 0) is 14.3 Å². The average Bonchev–Trinajstić information content (AvgIpc) is 3.46. The van der Waals surface area contributed by atoms with E-state index in [2.05, 4.69) is 30.2 Å². The molecule has 1 unspecified atom stereocenters. The van der Waals surface area contributed by atoms with Crippen LogP contribution >= 0.6 is 11.3 Å². The average molecular weight is 544 g/mol.